The fraction of sp³-hybridized carbons (Fsp3) is 0.889. The van der Waals surface area contributed by atoms with Crippen molar-refractivity contribution in [2.24, 2.45) is 35.0 Å². The van der Waals surface area contributed by atoms with E-state index in [1.165, 1.54) is 44.1 Å². The van der Waals surface area contributed by atoms with Gasteiger partial charge >= 0.3 is 0 Å². The van der Waals surface area contributed by atoms with Crippen molar-refractivity contribution in [2.75, 3.05) is 0 Å². The molecule has 2 rings (SSSR count). The van der Waals surface area contributed by atoms with Crippen LogP contribution in [-0.2, 0) is 0 Å². The van der Waals surface area contributed by atoms with E-state index in [-0.39, 0.29) is 0 Å². The van der Waals surface area contributed by atoms with E-state index < -0.39 is 0 Å². The van der Waals surface area contributed by atoms with Crippen molar-refractivity contribution in [3.05, 3.63) is 22.8 Å². The third-order valence-electron chi connectivity index (χ3n) is 8.19. The molecule has 0 saturated heterocycles. The van der Waals surface area contributed by atoms with Gasteiger partial charge in [-0.15, -0.1) is 0 Å². The summed E-state index contributed by atoms with van der Waals surface area (Å²) in [6.07, 6.45) is 10.9. The molecule has 1 fully saturated rings. The summed E-state index contributed by atoms with van der Waals surface area (Å²) in [5.74, 6) is 4.13. The molecule has 0 N–H and O–H groups in total. The van der Waals surface area contributed by atoms with Gasteiger partial charge in [0.2, 0.25) is 0 Å². The van der Waals surface area contributed by atoms with Gasteiger partial charge in [0.1, 0.15) is 0 Å². The van der Waals surface area contributed by atoms with Gasteiger partial charge in [-0.05, 0) is 75.0 Å². The van der Waals surface area contributed by atoms with Crippen molar-refractivity contribution in [3.63, 3.8) is 0 Å². The second kappa shape index (κ2) is 29.0. The summed E-state index contributed by atoms with van der Waals surface area (Å²) in [6, 6.07) is 0. The monoisotopic (exact) mass is 511 g/mol. The van der Waals surface area contributed by atoms with Gasteiger partial charge in [0, 0.05) is 0 Å². The molecule has 0 aromatic carbocycles. The van der Waals surface area contributed by atoms with Crippen LogP contribution in [0.1, 0.15) is 177 Å². The Morgan fingerprint density at radius 3 is 1.61 bits per heavy atom. The zero-order valence-corrected chi connectivity index (χ0v) is 29.7. The van der Waals surface area contributed by atoms with Crippen molar-refractivity contribution >= 4 is 0 Å². The first-order valence-electron chi connectivity index (χ1n) is 16.6. The van der Waals surface area contributed by atoms with Gasteiger partial charge in [0.05, 0.1) is 0 Å². The van der Waals surface area contributed by atoms with Crippen LogP contribution in [0.2, 0.25) is 0 Å². The van der Waals surface area contributed by atoms with E-state index in [1.807, 2.05) is 83.1 Å². The lowest BCUT2D eigenvalue weighted by molar-refractivity contribution is -0.0163. The molecule has 0 amide bonds. The van der Waals surface area contributed by atoms with Crippen LogP contribution >= 0.6 is 0 Å². The maximum absolute atomic E-state index is 2.65. The Morgan fingerprint density at radius 1 is 0.750 bits per heavy atom. The fourth-order valence-corrected chi connectivity index (χ4v) is 5.83. The highest BCUT2D eigenvalue weighted by Gasteiger charge is 2.46. The molecule has 0 heterocycles. The molecular formula is C36H78. The van der Waals surface area contributed by atoms with E-state index in [9.17, 15) is 0 Å². The van der Waals surface area contributed by atoms with E-state index in [0.717, 1.165) is 23.7 Å². The van der Waals surface area contributed by atoms with Crippen LogP contribution in [0.4, 0.5) is 0 Å². The van der Waals surface area contributed by atoms with E-state index in [2.05, 4.69) is 61.5 Å². The van der Waals surface area contributed by atoms with Gasteiger partial charge in [-0.1, -0.05) is 160 Å². The maximum atomic E-state index is 2.65. The summed E-state index contributed by atoms with van der Waals surface area (Å²) in [5.41, 5.74) is 5.29. The van der Waals surface area contributed by atoms with Crippen LogP contribution in [0.15, 0.2) is 22.8 Å². The SMILES string of the molecule is CC.CC.CC.CC.CC.CC.CCCCC1C(C)CCC(C)[C@@]1(C)CC1C(C)=C(C)C=C(C)C1C. The lowest BCUT2D eigenvalue weighted by Crippen LogP contribution is -2.44. The van der Waals surface area contributed by atoms with Crippen LogP contribution in [0.25, 0.3) is 0 Å². The standard InChI is InChI=1S/C24H42.6C2H6/c1-9-10-11-23-16(2)12-13-19(5)24(23,8)15-22-20(6)17(3)14-18(4)21(22)7;6*1-2/h14,16,19-20,22-23H,9-13,15H2,1-8H3;6*1-2H3/t16?,19?,20?,22?,23?,24-;;;;;;/m1....../s1. The molecule has 36 heavy (non-hydrogen) atoms. The predicted molar refractivity (Wildman–Crippen MR) is 176 cm³/mol. The van der Waals surface area contributed by atoms with Crippen molar-refractivity contribution in [3.8, 4) is 0 Å². The van der Waals surface area contributed by atoms with Crippen LogP contribution in [-0.4, -0.2) is 0 Å². The van der Waals surface area contributed by atoms with E-state index in [0.29, 0.717) is 11.3 Å². The van der Waals surface area contributed by atoms with Crippen molar-refractivity contribution < 1.29 is 0 Å². The third-order valence-corrected chi connectivity index (χ3v) is 8.19. The van der Waals surface area contributed by atoms with Crippen LogP contribution in [0, 0.1) is 35.0 Å². The third kappa shape index (κ3) is 14.4. The Bertz CT molecular complexity index is 494. The second-order valence-corrected chi connectivity index (χ2v) is 9.56. The van der Waals surface area contributed by atoms with Gasteiger partial charge in [-0.2, -0.15) is 0 Å². The lowest BCUT2D eigenvalue weighted by atomic mass is 9.53. The summed E-state index contributed by atoms with van der Waals surface area (Å²) in [5, 5.41) is 0. The highest BCUT2D eigenvalue weighted by Crippen LogP contribution is 2.55. The first kappa shape index (κ1) is 45.4. The summed E-state index contributed by atoms with van der Waals surface area (Å²) in [6.45, 7) is 43.6. The molecular weight excluding hydrogens is 432 g/mol. The van der Waals surface area contributed by atoms with E-state index in [1.54, 1.807) is 11.1 Å². The Morgan fingerprint density at radius 2 is 1.19 bits per heavy atom. The van der Waals surface area contributed by atoms with Crippen molar-refractivity contribution in [2.45, 2.75) is 177 Å². The molecule has 6 atom stereocenters. The average molecular weight is 511 g/mol. The molecule has 0 aliphatic heterocycles. The maximum Gasteiger partial charge on any atom is -0.0132 e. The minimum absolute atomic E-state index is 0.505. The zero-order valence-electron chi connectivity index (χ0n) is 29.7. The van der Waals surface area contributed by atoms with E-state index in [4.69, 9.17) is 0 Å². The topological polar surface area (TPSA) is 0 Å². The first-order chi connectivity index (χ1) is 17.2. The number of rotatable bonds is 5. The quantitative estimate of drug-likeness (QED) is 0.345. The molecule has 1 saturated carbocycles. The van der Waals surface area contributed by atoms with Gasteiger partial charge in [-0.3, -0.25) is 0 Å². The highest BCUT2D eigenvalue weighted by molar-refractivity contribution is 5.34. The number of hydrogen-bond donors (Lipinski definition) is 0. The average Bonchev–Trinajstić information content (AvgIpc) is 2.94. The van der Waals surface area contributed by atoms with Gasteiger partial charge < -0.3 is 0 Å². The molecule has 0 bridgehead atoms. The van der Waals surface area contributed by atoms with Crippen LogP contribution in [0.5, 0.6) is 0 Å². The zero-order chi connectivity index (χ0) is 30.1. The molecule has 5 unspecified atom stereocenters. The van der Waals surface area contributed by atoms with Gasteiger partial charge in [-0.25, -0.2) is 0 Å². The molecule has 0 nitrogen and oxygen atoms in total. The number of unbranched alkanes of at least 4 members (excludes halogenated alkanes) is 1. The molecule has 0 aromatic heterocycles. The molecule has 0 radical (unpaired) electrons. The number of allylic oxidation sites excluding steroid dienone is 4. The predicted octanol–water partition coefficient (Wildman–Crippen LogP) is 14.0. The smallest absolute Gasteiger partial charge is 0.0132 e. The Labute approximate surface area is 234 Å². The molecule has 222 valence electrons. The minimum Gasteiger partial charge on any atom is -0.0696 e. The van der Waals surface area contributed by atoms with Crippen molar-refractivity contribution in [1.29, 1.82) is 0 Å². The Balaban J connectivity index is -0.000000234. The van der Waals surface area contributed by atoms with Crippen molar-refractivity contribution in [1.82, 2.24) is 0 Å². The number of hydrogen-bond acceptors (Lipinski definition) is 0. The van der Waals surface area contributed by atoms with Gasteiger partial charge in [0.25, 0.3) is 0 Å². The normalized spacial score (nSPS) is 28.1. The molecule has 0 spiro atoms. The molecule has 0 aromatic rings. The Hall–Kier alpha value is -0.520. The van der Waals surface area contributed by atoms with Crippen LogP contribution < -0.4 is 0 Å². The molecule has 2 aliphatic rings. The largest absolute Gasteiger partial charge is 0.0696 e. The molecule has 2 aliphatic carbocycles. The van der Waals surface area contributed by atoms with Gasteiger partial charge in [0.15, 0.2) is 0 Å². The van der Waals surface area contributed by atoms with Crippen LogP contribution in [0.3, 0.4) is 0 Å². The minimum atomic E-state index is 0.505. The summed E-state index contributed by atoms with van der Waals surface area (Å²) in [4.78, 5) is 0. The second-order valence-electron chi connectivity index (χ2n) is 9.56. The van der Waals surface area contributed by atoms with E-state index >= 15 is 0 Å². The summed E-state index contributed by atoms with van der Waals surface area (Å²) in [7, 11) is 0. The molecule has 0 heteroatoms. The Kier molecular flexibility index (Phi) is 36.6. The summed E-state index contributed by atoms with van der Waals surface area (Å²) < 4.78 is 0. The summed E-state index contributed by atoms with van der Waals surface area (Å²) >= 11 is 0. The fourth-order valence-electron chi connectivity index (χ4n) is 5.83. The lowest BCUT2D eigenvalue weighted by Gasteiger charge is -2.52. The first-order valence-corrected chi connectivity index (χ1v) is 16.6. The highest BCUT2D eigenvalue weighted by atomic mass is 14.5.